The molecule has 1 spiro atoms. The van der Waals surface area contributed by atoms with Crippen molar-refractivity contribution in [3.8, 4) is 0 Å². The van der Waals surface area contributed by atoms with E-state index >= 15 is 0 Å². The lowest BCUT2D eigenvalue weighted by Gasteiger charge is -2.43. The summed E-state index contributed by atoms with van der Waals surface area (Å²) in [5.74, 6) is -0.300. The molecule has 1 unspecified atom stereocenters. The fourth-order valence-corrected chi connectivity index (χ4v) is 4.34. The third-order valence-electron chi connectivity index (χ3n) is 5.97. The Balaban J connectivity index is 1.53. The van der Waals surface area contributed by atoms with E-state index in [1.165, 1.54) is 0 Å². The number of halogens is 1. The molecule has 0 radical (unpaired) electrons. The summed E-state index contributed by atoms with van der Waals surface area (Å²) in [5.41, 5.74) is -1.29. The van der Waals surface area contributed by atoms with Gasteiger partial charge in [0.15, 0.2) is 5.67 Å². The van der Waals surface area contributed by atoms with Gasteiger partial charge in [-0.1, -0.05) is 18.2 Å². The highest BCUT2D eigenvalue weighted by Gasteiger charge is 2.53. The molecule has 1 aromatic carbocycles. The highest BCUT2D eigenvalue weighted by molar-refractivity contribution is 6.00. The van der Waals surface area contributed by atoms with Gasteiger partial charge in [0.25, 0.3) is 5.91 Å². The van der Waals surface area contributed by atoms with Crippen molar-refractivity contribution in [3.05, 3.63) is 30.3 Å². The Hall–Kier alpha value is -1.91. The van der Waals surface area contributed by atoms with Gasteiger partial charge < -0.3 is 9.80 Å². The van der Waals surface area contributed by atoms with E-state index in [2.05, 4.69) is 0 Å². The number of piperidine rings is 1. The lowest BCUT2D eigenvalue weighted by molar-refractivity contribution is -0.154. The summed E-state index contributed by atoms with van der Waals surface area (Å²) in [6.07, 6.45) is 3.75. The smallest absolute Gasteiger partial charge is 0.260 e. The number of amides is 2. The standard InChI is InChI=1S/C19H23FN2O2/c20-19(9-4-10-19)17(24)21-12-5-8-18(14-21)11-13-22(16(18)23)15-6-2-1-3-7-15/h1-3,6-7H,4-5,8-14H2. The molecule has 3 aliphatic rings. The number of anilines is 1. The molecule has 2 aliphatic heterocycles. The monoisotopic (exact) mass is 330 g/mol. The SMILES string of the molecule is O=C(N1CCCC2(CCN(c3ccccc3)C2=O)C1)C1(F)CCC1. The first-order chi connectivity index (χ1) is 11.5. The number of alkyl halides is 1. The Morgan fingerprint density at radius 2 is 1.75 bits per heavy atom. The highest BCUT2D eigenvalue weighted by atomic mass is 19.1. The molecule has 2 heterocycles. The van der Waals surface area contributed by atoms with E-state index in [-0.39, 0.29) is 5.91 Å². The van der Waals surface area contributed by atoms with Crippen molar-refractivity contribution in [2.75, 3.05) is 24.5 Å². The molecule has 4 nitrogen and oxygen atoms in total. The van der Waals surface area contributed by atoms with Gasteiger partial charge in [-0.3, -0.25) is 9.59 Å². The minimum atomic E-state index is -1.67. The number of rotatable bonds is 2. The fraction of sp³-hybridized carbons (Fsp3) is 0.579. The van der Waals surface area contributed by atoms with Gasteiger partial charge in [0.05, 0.1) is 5.41 Å². The van der Waals surface area contributed by atoms with Gasteiger partial charge in [0.1, 0.15) is 0 Å². The predicted octanol–water partition coefficient (Wildman–Crippen LogP) is 2.92. The summed E-state index contributed by atoms with van der Waals surface area (Å²) < 4.78 is 14.5. The molecule has 5 heteroatoms. The lowest BCUT2D eigenvalue weighted by Crippen LogP contribution is -2.56. The Morgan fingerprint density at radius 1 is 1.00 bits per heavy atom. The number of para-hydroxylation sites is 1. The summed E-state index contributed by atoms with van der Waals surface area (Å²) in [7, 11) is 0. The molecule has 1 saturated carbocycles. The maximum atomic E-state index is 14.5. The molecule has 2 amide bonds. The van der Waals surface area contributed by atoms with E-state index in [0.717, 1.165) is 31.4 Å². The molecule has 24 heavy (non-hydrogen) atoms. The zero-order valence-electron chi connectivity index (χ0n) is 13.8. The van der Waals surface area contributed by atoms with Crippen LogP contribution in [0.15, 0.2) is 30.3 Å². The summed E-state index contributed by atoms with van der Waals surface area (Å²) >= 11 is 0. The Kier molecular flexibility index (Phi) is 3.62. The molecule has 1 atom stereocenters. The number of benzene rings is 1. The van der Waals surface area contributed by atoms with Gasteiger partial charge in [-0.05, 0) is 50.7 Å². The molecular weight excluding hydrogens is 307 g/mol. The average Bonchev–Trinajstić information content (AvgIpc) is 2.89. The van der Waals surface area contributed by atoms with Crippen LogP contribution in [0.5, 0.6) is 0 Å². The van der Waals surface area contributed by atoms with Crippen LogP contribution < -0.4 is 4.90 Å². The molecular formula is C19H23FN2O2. The Labute approximate surface area is 141 Å². The topological polar surface area (TPSA) is 40.6 Å². The summed E-state index contributed by atoms with van der Waals surface area (Å²) in [6, 6.07) is 9.66. The van der Waals surface area contributed by atoms with E-state index in [9.17, 15) is 14.0 Å². The molecule has 1 aliphatic carbocycles. The second-order valence-corrected chi connectivity index (χ2v) is 7.47. The zero-order valence-corrected chi connectivity index (χ0v) is 13.8. The Bertz CT molecular complexity index is 659. The average molecular weight is 330 g/mol. The van der Waals surface area contributed by atoms with Crippen LogP contribution in [0.2, 0.25) is 0 Å². The summed E-state index contributed by atoms with van der Waals surface area (Å²) in [4.78, 5) is 29.0. The second-order valence-electron chi connectivity index (χ2n) is 7.47. The fourth-order valence-electron chi connectivity index (χ4n) is 4.34. The molecule has 0 aromatic heterocycles. The third kappa shape index (κ3) is 2.33. The first kappa shape index (κ1) is 15.6. The maximum Gasteiger partial charge on any atom is 0.260 e. The number of hydrogen-bond acceptors (Lipinski definition) is 2. The number of hydrogen-bond donors (Lipinski definition) is 0. The van der Waals surface area contributed by atoms with E-state index in [4.69, 9.17) is 0 Å². The van der Waals surface area contributed by atoms with Crippen molar-refractivity contribution >= 4 is 17.5 Å². The van der Waals surface area contributed by atoms with E-state index in [1.54, 1.807) is 4.90 Å². The van der Waals surface area contributed by atoms with Crippen LogP contribution in [0.1, 0.15) is 38.5 Å². The lowest BCUT2D eigenvalue weighted by atomic mass is 9.76. The maximum absolute atomic E-state index is 14.5. The second kappa shape index (κ2) is 5.57. The van der Waals surface area contributed by atoms with Gasteiger partial charge in [-0.25, -0.2) is 4.39 Å². The largest absolute Gasteiger partial charge is 0.339 e. The first-order valence-electron chi connectivity index (χ1n) is 8.90. The van der Waals surface area contributed by atoms with Crippen LogP contribution in [0.25, 0.3) is 0 Å². The molecule has 4 rings (SSSR count). The number of carbonyl (C=O) groups excluding carboxylic acids is 2. The first-order valence-corrected chi connectivity index (χ1v) is 8.90. The van der Waals surface area contributed by atoms with Crippen LogP contribution >= 0.6 is 0 Å². The van der Waals surface area contributed by atoms with Gasteiger partial charge in [0.2, 0.25) is 5.91 Å². The van der Waals surface area contributed by atoms with Crippen molar-refractivity contribution in [3.63, 3.8) is 0 Å². The Morgan fingerprint density at radius 3 is 2.42 bits per heavy atom. The summed E-state index contributed by atoms with van der Waals surface area (Å²) in [5, 5.41) is 0. The zero-order chi connectivity index (χ0) is 16.8. The van der Waals surface area contributed by atoms with Crippen LogP contribution in [0.3, 0.4) is 0 Å². The molecule has 1 aromatic rings. The minimum absolute atomic E-state index is 0.0905. The van der Waals surface area contributed by atoms with Crippen LogP contribution in [-0.2, 0) is 9.59 Å². The number of nitrogens with zero attached hydrogens (tertiary/aromatic N) is 2. The minimum Gasteiger partial charge on any atom is -0.339 e. The third-order valence-corrected chi connectivity index (χ3v) is 5.97. The van der Waals surface area contributed by atoms with Crippen LogP contribution in [-0.4, -0.2) is 42.0 Å². The number of carbonyl (C=O) groups is 2. The van der Waals surface area contributed by atoms with Gasteiger partial charge in [-0.15, -0.1) is 0 Å². The summed E-state index contributed by atoms with van der Waals surface area (Å²) in [6.45, 7) is 1.62. The van der Waals surface area contributed by atoms with E-state index in [0.29, 0.717) is 32.5 Å². The van der Waals surface area contributed by atoms with Crippen molar-refractivity contribution in [1.82, 2.24) is 4.90 Å². The van der Waals surface area contributed by atoms with Crippen LogP contribution in [0, 0.1) is 5.41 Å². The van der Waals surface area contributed by atoms with Gasteiger partial charge in [0, 0.05) is 25.3 Å². The quantitative estimate of drug-likeness (QED) is 0.836. The molecule has 0 bridgehead atoms. The van der Waals surface area contributed by atoms with Crippen molar-refractivity contribution in [1.29, 1.82) is 0 Å². The van der Waals surface area contributed by atoms with Crippen LogP contribution in [0.4, 0.5) is 10.1 Å². The van der Waals surface area contributed by atoms with Crippen molar-refractivity contribution in [2.24, 2.45) is 5.41 Å². The molecule has 0 N–H and O–H groups in total. The highest BCUT2D eigenvalue weighted by Crippen LogP contribution is 2.44. The predicted molar refractivity (Wildman–Crippen MR) is 89.3 cm³/mol. The molecule has 3 fully saturated rings. The molecule has 128 valence electrons. The normalized spacial score (nSPS) is 29.0. The van der Waals surface area contributed by atoms with Gasteiger partial charge >= 0.3 is 0 Å². The van der Waals surface area contributed by atoms with Crippen molar-refractivity contribution < 1.29 is 14.0 Å². The number of likely N-dealkylation sites (tertiary alicyclic amines) is 1. The van der Waals surface area contributed by atoms with Gasteiger partial charge in [-0.2, -0.15) is 0 Å². The van der Waals surface area contributed by atoms with Crippen molar-refractivity contribution in [2.45, 2.75) is 44.2 Å². The van der Waals surface area contributed by atoms with E-state index in [1.807, 2.05) is 35.2 Å². The molecule has 2 saturated heterocycles. The van der Waals surface area contributed by atoms with E-state index < -0.39 is 17.0 Å².